The van der Waals surface area contributed by atoms with Crippen LogP contribution in [0.2, 0.25) is 0 Å². The molecule has 2 aromatic rings. The monoisotopic (exact) mass is 244 g/mol. The molecule has 1 fully saturated rings. The first-order valence-corrected chi connectivity index (χ1v) is 6.29. The van der Waals surface area contributed by atoms with E-state index in [4.69, 9.17) is 4.42 Å². The molecule has 0 amide bonds. The molecule has 5 nitrogen and oxygen atoms in total. The van der Waals surface area contributed by atoms with Crippen molar-refractivity contribution in [2.45, 2.75) is 25.7 Å². The fraction of sp³-hybridized carbons (Fsp3) is 0.462. The molecule has 0 aliphatic carbocycles. The van der Waals surface area contributed by atoms with Crippen molar-refractivity contribution in [2.75, 3.05) is 18.0 Å². The maximum Gasteiger partial charge on any atom is 0.219 e. The van der Waals surface area contributed by atoms with Gasteiger partial charge in [-0.15, -0.1) is 10.2 Å². The maximum atomic E-state index is 5.51. The van der Waals surface area contributed by atoms with Gasteiger partial charge < -0.3 is 9.32 Å². The molecule has 0 N–H and O–H groups in total. The molecular formula is C13H16N4O. The van der Waals surface area contributed by atoms with Crippen molar-refractivity contribution in [3.63, 3.8) is 0 Å². The van der Waals surface area contributed by atoms with Gasteiger partial charge in [0.25, 0.3) is 0 Å². The van der Waals surface area contributed by atoms with Crippen LogP contribution in [0.15, 0.2) is 28.8 Å². The Kier molecular flexibility index (Phi) is 2.96. The van der Waals surface area contributed by atoms with Crippen molar-refractivity contribution in [2.24, 2.45) is 0 Å². The summed E-state index contributed by atoms with van der Waals surface area (Å²) in [6.45, 7) is 3.81. The minimum atomic E-state index is 0.395. The van der Waals surface area contributed by atoms with E-state index in [2.05, 4.69) is 26.1 Å². The van der Waals surface area contributed by atoms with E-state index in [1.165, 1.54) is 0 Å². The van der Waals surface area contributed by atoms with Crippen molar-refractivity contribution in [3.8, 4) is 0 Å². The Bertz CT molecular complexity index is 503. The van der Waals surface area contributed by atoms with E-state index in [0.717, 1.165) is 37.6 Å². The van der Waals surface area contributed by atoms with Gasteiger partial charge in [0.05, 0.1) is 0 Å². The number of anilines is 1. The standard InChI is InChI=1S/C13H16N4O/c1-10-15-16-13(18-10)11-5-8-17(9-6-11)12-4-2-3-7-14-12/h2-4,7,11H,5-6,8-9H2,1H3. The van der Waals surface area contributed by atoms with Gasteiger partial charge in [0, 0.05) is 32.1 Å². The second-order valence-corrected chi connectivity index (χ2v) is 4.61. The second-order valence-electron chi connectivity index (χ2n) is 4.61. The first-order chi connectivity index (χ1) is 8.83. The van der Waals surface area contributed by atoms with Gasteiger partial charge in [-0.2, -0.15) is 0 Å². The van der Waals surface area contributed by atoms with E-state index < -0.39 is 0 Å². The van der Waals surface area contributed by atoms with Gasteiger partial charge in [0.2, 0.25) is 11.8 Å². The molecular weight excluding hydrogens is 228 g/mol. The van der Waals surface area contributed by atoms with Gasteiger partial charge in [0.15, 0.2) is 0 Å². The zero-order valence-electron chi connectivity index (χ0n) is 10.4. The smallest absolute Gasteiger partial charge is 0.219 e. The highest BCUT2D eigenvalue weighted by Crippen LogP contribution is 2.28. The van der Waals surface area contributed by atoms with Gasteiger partial charge >= 0.3 is 0 Å². The molecule has 0 saturated carbocycles. The molecule has 0 spiro atoms. The summed E-state index contributed by atoms with van der Waals surface area (Å²) in [5, 5.41) is 8.01. The zero-order valence-corrected chi connectivity index (χ0v) is 10.4. The lowest BCUT2D eigenvalue weighted by atomic mass is 9.97. The van der Waals surface area contributed by atoms with Crippen LogP contribution >= 0.6 is 0 Å². The Balaban J connectivity index is 1.65. The molecule has 1 aliphatic rings. The number of nitrogens with zero attached hydrogens (tertiary/aromatic N) is 4. The quantitative estimate of drug-likeness (QED) is 0.810. The third-order valence-electron chi connectivity index (χ3n) is 3.36. The highest BCUT2D eigenvalue weighted by molar-refractivity contribution is 5.38. The lowest BCUT2D eigenvalue weighted by molar-refractivity contribution is 0.382. The molecule has 0 aromatic carbocycles. The van der Waals surface area contributed by atoms with Crippen molar-refractivity contribution >= 4 is 5.82 Å². The summed E-state index contributed by atoms with van der Waals surface area (Å²) in [6.07, 6.45) is 3.92. The van der Waals surface area contributed by atoms with E-state index >= 15 is 0 Å². The molecule has 1 aliphatic heterocycles. The van der Waals surface area contributed by atoms with Gasteiger partial charge in [-0.05, 0) is 25.0 Å². The average Bonchev–Trinajstić information content (AvgIpc) is 2.87. The molecule has 2 aromatic heterocycles. The summed E-state index contributed by atoms with van der Waals surface area (Å²) in [7, 11) is 0. The highest BCUT2D eigenvalue weighted by Gasteiger charge is 2.24. The topological polar surface area (TPSA) is 55.1 Å². The molecule has 1 saturated heterocycles. The Hall–Kier alpha value is -1.91. The predicted molar refractivity (Wildman–Crippen MR) is 67.5 cm³/mol. The van der Waals surface area contributed by atoms with Gasteiger partial charge in [-0.25, -0.2) is 4.98 Å². The molecule has 0 atom stereocenters. The van der Waals surface area contributed by atoms with Gasteiger partial charge in [-0.1, -0.05) is 6.07 Å². The largest absolute Gasteiger partial charge is 0.425 e. The van der Waals surface area contributed by atoms with E-state index in [9.17, 15) is 0 Å². The van der Waals surface area contributed by atoms with Crippen molar-refractivity contribution in [1.29, 1.82) is 0 Å². The first-order valence-electron chi connectivity index (χ1n) is 6.29. The van der Waals surface area contributed by atoms with Crippen molar-refractivity contribution < 1.29 is 4.42 Å². The molecule has 0 bridgehead atoms. The van der Waals surface area contributed by atoms with Crippen LogP contribution in [0.5, 0.6) is 0 Å². The summed E-state index contributed by atoms with van der Waals surface area (Å²) in [6, 6.07) is 6.02. The minimum absolute atomic E-state index is 0.395. The minimum Gasteiger partial charge on any atom is -0.425 e. The van der Waals surface area contributed by atoms with Crippen LogP contribution in [0.1, 0.15) is 30.5 Å². The summed E-state index contributed by atoms with van der Waals surface area (Å²) < 4.78 is 5.51. The van der Waals surface area contributed by atoms with E-state index in [0.29, 0.717) is 11.8 Å². The number of hydrogen-bond donors (Lipinski definition) is 0. The number of hydrogen-bond acceptors (Lipinski definition) is 5. The molecule has 3 rings (SSSR count). The third kappa shape index (κ3) is 2.20. The Morgan fingerprint density at radius 1 is 1.22 bits per heavy atom. The lowest BCUT2D eigenvalue weighted by Gasteiger charge is -2.31. The fourth-order valence-electron chi connectivity index (χ4n) is 2.37. The molecule has 5 heteroatoms. The molecule has 0 unspecified atom stereocenters. The second kappa shape index (κ2) is 4.76. The maximum absolute atomic E-state index is 5.51. The van der Waals surface area contributed by atoms with Crippen LogP contribution in [0.25, 0.3) is 0 Å². The van der Waals surface area contributed by atoms with Crippen LogP contribution in [-0.2, 0) is 0 Å². The van der Waals surface area contributed by atoms with Crippen LogP contribution in [-0.4, -0.2) is 28.3 Å². The first kappa shape index (κ1) is 11.2. The Labute approximate surface area is 106 Å². The normalized spacial score (nSPS) is 17.1. The summed E-state index contributed by atoms with van der Waals surface area (Å²) in [5.41, 5.74) is 0. The lowest BCUT2D eigenvalue weighted by Crippen LogP contribution is -2.33. The number of aromatic nitrogens is 3. The number of pyridine rings is 1. The van der Waals surface area contributed by atoms with E-state index in [1.807, 2.05) is 25.3 Å². The summed E-state index contributed by atoms with van der Waals surface area (Å²) in [5.74, 6) is 2.88. The number of aryl methyl sites for hydroxylation is 1. The van der Waals surface area contributed by atoms with Gasteiger partial charge in [0.1, 0.15) is 5.82 Å². The van der Waals surface area contributed by atoms with Crippen molar-refractivity contribution in [1.82, 2.24) is 15.2 Å². The highest BCUT2D eigenvalue weighted by atomic mass is 16.4. The summed E-state index contributed by atoms with van der Waals surface area (Å²) in [4.78, 5) is 6.68. The van der Waals surface area contributed by atoms with E-state index in [1.54, 1.807) is 0 Å². The van der Waals surface area contributed by atoms with Crippen LogP contribution in [0.4, 0.5) is 5.82 Å². The molecule has 3 heterocycles. The summed E-state index contributed by atoms with van der Waals surface area (Å²) >= 11 is 0. The van der Waals surface area contributed by atoms with Crippen LogP contribution in [0, 0.1) is 6.92 Å². The molecule has 18 heavy (non-hydrogen) atoms. The van der Waals surface area contributed by atoms with Crippen molar-refractivity contribution in [3.05, 3.63) is 36.2 Å². The molecule has 94 valence electrons. The average molecular weight is 244 g/mol. The van der Waals surface area contributed by atoms with Crippen LogP contribution in [0.3, 0.4) is 0 Å². The van der Waals surface area contributed by atoms with Crippen LogP contribution < -0.4 is 4.90 Å². The SMILES string of the molecule is Cc1nnc(C2CCN(c3ccccn3)CC2)o1. The van der Waals surface area contributed by atoms with E-state index in [-0.39, 0.29) is 0 Å². The fourth-order valence-corrected chi connectivity index (χ4v) is 2.37. The number of rotatable bonds is 2. The zero-order chi connectivity index (χ0) is 12.4. The number of piperidine rings is 1. The predicted octanol–water partition coefficient (Wildman–Crippen LogP) is 2.16. The third-order valence-corrected chi connectivity index (χ3v) is 3.36. The Morgan fingerprint density at radius 2 is 2.06 bits per heavy atom. The van der Waals surface area contributed by atoms with Gasteiger partial charge in [-0.3, -0.25) is 0 Å². The molecule has 0 radical (unpaired) electrons. The Morgan fingerprint density at radius 3 is 2.67 bits per heavy atom.